The quantitative estimate of drug-likeness (QED) is 0.805. The highest BCUT2D eigenvalue weighted by Gasteiger charge is 2.34. The monoisotopic (exact) mass is 329 g/mol. The van der Waals surface area contributed by atoms with E-state index in [1.807, 2.05) is 12.1 Å². The van der Waals surface area contributed by atoms with Crippen molar-refractivity contribution in [2.45, 2.75) is 18.8 Å². The van der Waals surface area contributed by atoms with Gasteiger partial charge in [0.05, 0.1) is 12.8 Å². The lowest BCUT2D eigenvalue weighted by molar-refractivity contribution is -0.129. The fraction of sp³-hybridized carbons (Fsp3) is 0.222. The largest absolute Gasteiger partial charge is 0.497 e. The van der Waals surface area contributed by atoms with Crippen LogP contribution in [0.3, 0.4) is 0 Å². The Hall–Kier alpha value is -2.33. The predicted octanol–water partition coefficient (Wildman–Crippen LogP) is 3.79. The normalized spacial score (nSPS) is 15.8. The van der Waals surface area contributed by atoms with Gasteiger partial charge in [0, 0.05) is 29.8 Å². The second-order valence-corrected chi connectivity index (χ2v) is 5.92. The number of rotatable bonds is 3. The molecule has 2 aromatic rings. The number of ether oxygens (including phenoxy) is 1. The van der Waals surface area contributed by atoms with Crippen LogP contribution in [0.1, 0.15) is 24.3 Å². The SMILES string of the molecule is COc1cccc(N2C(=O)CC(c3ccc(Cl)cc3)CC2=O)c1. The number of carbonyl (C=O) groups is 2. The van der Waals surface area contributed by atoms with E-state index in [1.165, 1.54) is 4.90 Å². The van der Waals surface area contributed by atoms with Crippen molar-refractivity contribution in [1.82, 2.24) is 0 Å². The Labute approximate surface area is 139 Å². The molecule has 1 saturated heterocycles. The number of piperidine rings is 1. The molecule has 0 aliphatic carbocycles. The van der Waals surface area contributed by atoms with Crippen LogP contribution in [-0.2, 0) is 9.59 Å². The fourth-order valence-electron chi connectivity index (χ4n) is 2.82. The molecule has 0 spiro atoms. The van der Waals surface area contributed by atoms with Gasteiger partial charge < -0.3 is 4.74 Å². The first kappa shape index (κ1) is 15.6. The minimum atomic E-state index is -0.200. The molecule has 0 radical (unpaired) electrons. The van der Waals surface area contributed by atoms with E-state index in [1.54, 1.807) is 43.5 Å². The van der Waals surface area contributed by atoms with E-state index in [-0.39, 0.29) is 17.7 Å². The van der Waals surface area contributed by atoms with Crippen molar-refractivity contribution < 1.29 is 14.3 Å². The average molecular weight is 330 g/mol. The van der Waals surface area contributed by atoms with E-state index < -0.39 is 0 Å². The molecule has 1 fully saturated rings. The summed E-state index contributed by atoms with van der Waals surface area (Å²) in [5, 5.41) is 0.639. The van der Waals surface area contributed by atoms with Crippen LogP contribution in [-0.4, -0.2) is 18.9 Å². The molecule has 0 unspecified atom stereocenters. The summed E-state index contributed by atoms with van der Waals surface area (Å²) in [5.74, 6) is 0.112. The Morgan fingerprint density at radius 2 is 1.70 bits per heavy atom. The number of hydrogen-bond donors (Lipinski definition) is 0. The number of imide groups is 1. The zero-order valence-electron chi connectivity index (χ0n) is 12.7. The second-order valence-electron chi connectivity index (χ2n) is 5.48. The van der Waals surface area contributed by atoms with Gasteiger partial charge >= 0.3 is 0 Å². The number of amides is 2. The van der Waals surface area contributed by atoms with Gasteiger partial charge in [0.15, 0.2) is 0 Å². The maximum absolute atomic E-state index is 12.5. The summed E-state index contributed by atoms with van der Waals surface area (Å²) in [6.07, 6.45) is 0.592. The van der Waals surface area contributed by atoms with Gasteiger partial charge in [-0.2, -0.15) is 0 Å². The molecule has 0 atom stereocenters. The maximum atomic E-state index is 12.5. The minimum absolute atomic E-state index is 0.103. The third-order valence-electron chi connectivity index (χ3n) is 3.99. The molecule has 1 heterocycles. The zero-order chi connectivity index (χ0) is 16.4. The molecule has 0 aromatic heterocycles. The van der Waals surface area contributed by atoms with Crippen molar-refractivity contribution in [3.8, 4) is 5.75 Å². The van der Waals surface area contributed by atoms with Crippen molar-refractivity contribution in [3.05, 3.63) is 59.1 Å². The third kappa shape index (κ3) is 3.22. The Balaban J connectivity index is 1.83. The van der Waals surface area contributed by atoms with Crippen molar-refractivity contribution in [3.63, 3.8) is 0 Å². The van der Waals surface area contributed by atoms with E-state index in [9.17, 15) is 9.59 Å². The molecule has 0 N–H and O–H groups in total. The Morgan fingerprint density at radius 1 is 1.04 bits per heavy atom. The van der Waals surface area contributed by atoms with Crippen LogP contribution in [0.15, 0.2) is 48.5 Å². The molecule has 23 heavy (non-hydrogen) atoms. The summed E-state index contributed by atoms with van der Waals surface area (Å²) >= 11 is 5.89. The van der Waals surface area contributed by atoms with Gasteiger partial charge in [-0.15, -0.1) is 0 Å². The first-order valence-corrected chi connectivity index (χ1v) is 7.71. The molecule has 5 heteroatoms. The molecule has 3 rings (SSSR count). The van der Waals surface area contributed by atoms with Crippen molar-refractivity contribution in [1.29, 1.82) is 0 Å². The van der Waals surface area contributed by atoms with Crippen LogP contribution in [0.25, 0.3) is 0 Å². The maximum Gasteiger partial charge on any atom is 0.234 e. The standard InChI is InChI=1S/C18H16ClNO3/c1-23-16-4-2-3-15(11-16)20-17(21)9-13(10-18(20)22)12-5-7-14(19)8-6-12/h2-8,11,13H,9-10H2,1H3. The highest BCUT2D eigenvalue weighted by molar-refractivity contribution is 6.30. The highest BCUT2D eigenvalue weighted by Crippen LogP contribution is 2.33. The molecule has 2 aromatic carbocycles. The van der Waals surface area contributed by atoms with Gasteiger partial charge in [-0.25, -0.2) is 0 Å². The number of anilines is 1. The van der Waals surface area contributed by atoms with Crippen LogP contribution in [0.2, 0.25) is 5.02 Å². The van der Waals surface area contributed by atoms with Crippen molar-refractivity contribution in [2.24, 2.45) is 0 Å². The summed E-state index contributed by atoms with van der Waals surface area (Å²) < 4.78 is 5.16. The van der Waals surface area contributed by atoms with E-state index >= 15 is 0 Å². The molecule has 4 nitrogen and oxygen atoms in total. The van der Waals surface area contributed by atoms with Gasteiger partial charge in [-0.1, -0.05) is 29.8 Å². The zero-order valence-corrected chi connectivity index (χ0v) is 13.4. The van der Waals surface area contributed by atoms with E-state index in [2.05, 4.69) is 0 Å². The van der Waals surface area contributed by atoms with Crippen LogP contribution in [0.4, 0.5) is 5.69 Å². The summed E-state index contributed by atoms with van der Waals surface area (Å²) in [6, 6.07) is 14.3. The van der Waals surface area contributed by atoms with Crippen LogP contribution in [0.5, 0.6) is 5.75 Å². The molecule has 1 aliphatic heterocycles. The second kappa shape index (κ2) is 6.42. The topological polar surface area (TPSA) is 46.6 Å². The third-order valence-corrected chi connectivity index (χ3v) is 4.25. The average Bonchev–Trinajstić information content (AvgIpc) is 2.55. The smallest absolute Gasteiger partial charge is 0.234 e. The van der Waals surface area contributed by atoms with E-state index in [0.29, 0.717) is 29.3 Å². The first-order valence-electron chi connectivity index (χ1n) is 7.34. The Kier molecular flexibility index (Phi) is 4.35. The van der Waals surface area contributed by atoms with Crippen molar-refractivity contribution in [2.75, 3.05) is 12.0 Å². The molecular weight excluding hydrogens is 314 g/mol. The van der Waals surface area contributed by atoms with Crippen LogP contribution in [0, 0.1) is 0 Å². The summed E-state index contributed by atoms with van der Waals surface area (Å²) in [6.45, 7) is 0. The molecule has 118 valence electrons. The minimum Gasteiger partial charge on any atom is -0.497 e. The molecule has 2 amide bonds. The number of nitrogens with zero attached hydrogens (tertiary/aromatic N) is 1. The summed E-state index contributed by atoms with van der Waals surface area (Å²) in [4.78, 5) is 26.2. The van der Waals surface area contributed by atoms with Crippen molar-refractivity contribution >= 4 is 29.1 Å². The van der Waals surface area contributed by atoms with Gasteiger partial charge in [-0.05, 0) is 29.8 Å². The van der Waals surface area contributed by atoms with Crippen LogP contribution < -0.4 is 9.64 Å². The fourth-order valence-corrected chi connectivity index (χ4v) is 2.95. The number of methoxy groups -OCH3 is 1. The van der Waals surface area contributed by atoms with Gasteiger partial charge in [0.25, 0.3) is 0 Å². The Morgan fingerprint density at radius 3 is 2.30 bits per heavy atom. The van der Waals surface area contributed by atoms with Gasteiger partial charge in [-0.3, -0.25) is 14.5 Å². The molecule has 1 aliphatic rings. The Bertz CT molecular complexity index is 724. The van der Waals surface area contributed by atoms with E-state index in [0.717, 1.165) is 5.56 Å². The number of carbonyl (C=O) groups excluding carboxylic acids is 2. The molecular formula is C18H16ClNO3. The number of hydrogen-bond acceptors (Lipinski definition) is 3. The molecule has 0 saturated carbocycles. The molecule has 0 bridgehead atoms. The predicted molar refractivity (Wildman–Crippen MR) is 88.9 cm³/mol. The number of benzene rings is 2. The van der Waals surface area contributed by atoms with E-state index in [4.69, 9.17) is 16.3 Å². The van der Waals surface area contributed by atoms with Gasteiger partial charge in [0.2, 0.25) is 11.8 Å². The highest BCUT2D eigenvalue weighted by atomic mass is 35.5. The van der Waals surface area contributed by atoms with Gasteiger partial charge in [0.1, 0.15) is 5.75 Å². The van der Waals surface area contributed by atoms with Crippen LogP contribution >= 0.6 is 11.6 Å². The lowest BCUT2D eigenvalue weighted by Gasteiger charge is -2.30. The lowest BCUT2D eigenvalue weighted by atomic mass is 9.88. The summed E-state index contributed by atoms with van der Waals surface area (Å²) in [7, 11) is 1.55. The number of halogens is 1. The summed E-state index contributed by atoms with van der Waals surface area (Å²) in [5.41, 5.74) is 1.51. The first-order chi connectivity index (χ1) is 11.1. The lowest BCUT2D eigenvalue weighted by Crippen LogP contribution is -2.42.